The van der Waals surface area contributed by atoms with Crippen molar-refractivity contribution in [2.75, 3.05) is 25.0 Å². The SMILES string of the molecule is CCCCn1ncc(NC(=O)N2CCC(CC)(CO)CC2)c1C. The topological polar surface area (TPSA) is 70.4 Å². The van der Waals surface area contributed by atoms with Gasteiger partial charge in [-0.1, -0.05) is 20.3 Å². The fraction of sp³-hybridized carbons (Fsp3) is 0.765. The second-order valence-electron chi connectivity index (χ2n) is 6.65. The number of carbonyl (C=O) groups is 1. The Morgan fingerprint density at radius 2 is 2.09 bits per heavy atom. The van der Waals surface area contributed by atoms with Crippen molar-refractivity contribution in [2.45, 2.75) is 59.4 Å². The van der Waals surface area contributed by atoms with Crippen LogP contribution < -0.4 is 5.32 Å². The van der Waals surface area contributed by atoms with E-state index >= 15 is 0 Å². The predicted molar refractivity (Wildman–Crippen MR) is 91.5 cm³/mol. The highest BCUT2D eigenvalue weighted by atomic mass is 16.3. The Labute approximate surface area is 138 Å². The molecule has 0 bridgehead atoms. The molecule has 0 atom stereocenters. The van der Waals surface area contributed by atoms with Crippen molar-refractivity contribution in [2.24, 2.45) is 5.41 Å². The molecule has 1 aromatic rings. The third-order valence-corrected chi connectivity index (χ3v) is 5.26. The lowest BCUT2D eigenvalue weighted by Crippen LogP contribution is -2.46. The van der Waals surface area contributed by atoms with Crippen LogP contribution in [0.4, 0.5) is 10.5 Å². The van der Waals surface area contributed by atoms with E-state index < -0.39 is 0 Å². The highest BCUT2D eigenvalue weighted by Gasteiger charge is 2.34. The van der Waals surface area contributed by atoms with Gasteiger partial charge in [0.1, 0.15) is 0 Å². The van der Waals surface area contributed by atoms with E-state index in [1.807, 2.05) is 16.5 Å². The summed E-state index contributed by atoms with van der Waals surface area (Å²) in [6.45, 7) is 8.75. The second kappa shape index (κ2) is 7.81. The molecule has 2 N–H and O–H groups in total. The number of amides is 2. The van der Waals surface area contributed by atoms with Gasteiger partial charge in [0.05, 0.1) is 17.6 Å². The fourth-order valence-electron chi connectivity index (χ4n) is 3.10. The molecular weight excluding hydrogens is 292 g/mol. The molecule has 1 aromatic heterocycles. The predicted octanol–water partition coefficient (Wildman–Crippen LogP) is 3.01. The van der Waals surface area contributed by atoms with Gasteiger partial charge in [-0.05, 0) is 38.0 Å². The van der Waals surface area contributed by atoms with E-state index in [-0.39, 0.29) is 18.1 Å². The number of carbonyl (C=O) groups excluding carboxylic acids is 1. The van der Waals surface area contributed by atoms with Crippen molar-refractivity contribution in [3.05, 3.63) is 11.9 Å². The quantitative estimate of drug-likeness (QED) is 0.846. The highest BCUT2D eigenvalue weighted by molar-refractivity contribution is 5.89. The molecule has 6 nitrogen and oxygen atoms in total. The molecule has 0 aliphatic carbocycles. The number of hydrogen-bond acceptors (Lipinski definition) is 3. The van der Waals surface area contributed by atoms with E-state index in [4.69, 9.17) is 0 Å². The van der Waals surface area contributed by atoms with Crippen molar-refractivity contribution in [1.29, 1.82) is 0 Å². The summed E-state index contributed by atoms with van der Waals surface area (Å²) in [7, 11) is 0. The van der Waals surface area contributed by atoms with Crippen LogP contribution >= 0.6 is 0 Å². The average Bonchev–Trinajstić information content (AvgIpc) is 2.93. The van der Waals surface area contributed by atoms with Crippen LogP contribution in [0.3, 0.4) is 0 Å². The van der Waals surface area contributed by atoms with Crippen molar-refractivity contribution >= 4 is 11.7 Å². The van der Waals surface area contributed by atoms with Crippen LogP contribution in [0, 0.1) is 12.3 Å². The Balaban J connectivity index is 1.92. The number of piperidine rings is 1. The summed E-state index contributed by atoms with van der Waals surface area (Å²) in [5, 5.41) is 16.9. The number of urea groups is 1. The molecule has 0 saturated carbocycles. The number of rotatable bonds is 6. The summed E-state index contributed by atoms with van der Waals surface area (Å²) >= 11 is 0. The van der Waals surface area contributed by atoms with Crippen LogP contribution in [0.25, 0.3) is 0 Å². The van der Waals surface area contributed by atoms with Crippen molar-refractivity contribution in [3.8, 4) is 0 Å². The van der Waals surface area contributed by atoms with E-state index in [1.165, 1.54) is 0 Å². The van der Waals surface area contributed by atoms with Gasteiger partial charge in [-0.3, -0.25) is 4.68 Å². The van der Waals surface area contributed by atoms with E-state index in [9.17, 15) is 9.90 Å². The number of nitrogens with zero attached hydrogens (tertiary/aromatic N) is 3. The Morgan fingerprint density at radius 1 is 1.39 bits per heavy atom. The third kappa shape index (κ3) is 4.05. The molecule has 6 heteroatoms. The van der Waals surface area contributed by atoms with Crippen molar-refractivity contribution < 1.29 is 9.90 Å². The van der Waals surface area contributed by atoms with Crippen LogP contribution in [0.1, 0.15) is 51.6 Å². The van der Waals surface area contributed by atoms with Gasteiger partial charge in [0.25, 0.3) is 0 Å². The number of nitrogens with one attached hydrogen (secondary N) is 1. The summed E-state index contributed by atoms with van der Waals surface area (Å²) < 4.78 is 1.95. The standard InChI is InChI=1S/C17H30N4O2/c1-4-6-9-21-14(3)15(12-18-21)19-16(23)20-10-7-17(5-2,13-22)8-11-20/h12,22H,4-11,13H2,1-3H3,(H,19,23). The molecule has 1 saturated heterocycles. The fourth-order valence-corrected chi connectivity index (χ4v) is 3.10. The normalized spacial score (nSPS) is 17.3. The zero-order chi connectivity index (χ0) is 16.9. The maximum Gasteiger partial charge on any atom is 0.321 e. The lowest BCUT2D eigenvalue weighted by atomic mass is 9.77. The molecule has 0 radical (unpaired) electrons. The number of aliphatic hydroxyl groups is 1. The molecule has 2 heterocycles. The highest BCUT2D eigenvalue weighted by Crippen LogP contribution is 2.34. The first-order chi connectivity index (χ1) is 11.0. The molecule has 0 spiro atoms. The first-order valence-corrected chi connectivity index (χ1v) is 8.74. The number of anilines is 1. The van der Waals surface area contributed by atoms with Gasteiger partial charge < -0.3 is 15.3 Å². The minimum atomic E-state index is -0.0641. The molecule has 1 fully saturated rings. The molecule has 2 amide bonds. The van der Waals surface area contributed by atoms with Gasteiger partial charge in [-0.2, -0.15) is 5.10 Å². The largest absolute Gasteiger partial charge is 0.396 e. The van der Waals surface area contributed by atoms with Gasteiger partial charge in [-0.25, -0.2) is 4.79 Å². The summed E-state index contributed by atoms with van der Waals surface area (Å²) in [4.78, 5) is 14.3. The maximum atomic E-state index is 12.4. The molecule has 0 unspecified atom stereocenters. The smallest absolute Gasteiger partial charge is 0.321 e. The number of aryl methyl sites for hydroxylation is 1. The monoisotopic (exact) mass is 322 g/mol. The second-order valence-corrected chi connectivity index (χ2v) is 6.65. The van der Waals surface area contributed by atoms with E-state index in [0.717, 1.165) is 50.0 Å². The summed E-state index contributed by atoms with van der Waals surface area (Å²) in [5.74, 6) is 0. The van der Waals surface area contributed by atoms with Gasteiger partial charge in [0.2, 0.25) is 0 Å². The number of likely N-dealkylation sites (tertiary alicyclic amines) is 1. The molecule has 23 heavy (non-hydrogen) atoms. The maximum absolute atomic E-state index is 12.4. The molecule has 1 aliphatic heterocycles. The van der Waals surface area contributed by atoms with Crippen LogP contribution in [0.2, 0.25) is 0 Å². The van der Waals surface area contributed by atoms with E-state index in [0.29, 0.717) is 13.1 Å². The lowest BCUT2D eigenvalue weighted by molar-refractivity contribution is 0.0542. The summed E-state index contributed by atoms with van der Waals surface area (Å²) in [5.41, 5.74) is 1.79. The Morgan fingerprint density at radius 3 is 2.65 bits per heavy atom. The van der Waals surface area contributed by atoms with Crippen LogP contribution in [0.15, 0.2) is 6.20 Å². The Kier molecular flexibility index (Phi) is 6.04. The number of unbranched alkanes of at least 4 members (excludes halogenated alkanes) is 1. The third-order valence-electron chi connectivity index (χ3n) is 5.26. The zero-order valence-electron chi connectivity index (χ0n) is 14.6. The zero-order valence-corrected chi connectivity index (χ0v) is 14.6. The van der Waals surface area contributed by atoms with Crippen molar-refractivity contribution in [3.63, 3.8) is 0 Å². The molecular formula is C17H30N4O2. The molecule has 1 aliphatic rings. The Hall–Kier alpha value is -1.56. The van der Waals surface area contributed by atoms with Crippen LogP contribution in [0.5, 0.6) is 0 Å². The number of aromatic nitrogens is 2. The number of aliphatic hydroxyl groups excluding tert-OH is 1. The van der Waals surface area contributed by atoms with Crippen LogP contribution in [-0.4, -0.2) is 45.5 Å². The minimum absolute atomic E-state index is 0.00225. The van der Waals surface area contributed by atoms with Crippen LogP contribution in [-0.2, 0) is 6.54 Å². The Bertz CT molecular complexity index is 513. The first kappa shape index (κ1) is 17.8. The average molecular weight is 322 g/mol. The van der Waals surface area contributed by atoms with Gasteiger partial charge in [0.15, 0.2) is 0 Å². The van der Waals surface area contributed by atoms with Gasteiger partial charge in [0, 0.05) is 26.2 Å². The first-order valence-electron chi connectivity index (χ1n) is 8.74. The van der Waals surface area contributed by atoms with Gasteiger partial charge in [-0.15, -0.1) is 0 Å². The van der Waals surface area contributed by atoms with E-state index in [1.54, 1.807) is 6.20 Å². The van der Waals surface area contributed by atoms with Crippen molar-refractivity contribution in [1.82, 2.24) is 14.7 Å². The molecule has 130 valence electrons. The lowest BCUT2D eigenvalue weighted by Gasteiger charge is -2.40. The minimum Gasteiger partial charge on any atom is -0.396 e. The van der Waals surface area contributed by atoms with Gasteiger partial charge >= 0.3 is 6.03 Å². The number of hydrogen-bond donors (Lipinski definition) is 2. The molecule has 0 aromatic carbocycles. The summed E-state index contributed by atoms with van der Waals surface area (Å²) in [6.07, 6.45) is 6.63. The van der Waals surface area contributed by atoms with E-state index in [2.05, 4.69) is 24.3 Å². The summed E-state index contributed by atoms with van der Waals surface area (Å²) in [6, 6.07) is -0.0641. The molecule has 2 rings (SSSR count).